The van der Waals surface area contributed by atoms with E-state index in [1.807, 2.05) is 18.3 Å². The first-order chi connectivity index (χ1) is 18.5. The van der Waals surface area contributed by atoms with Gasteiger partial charge in [0.2, 0.25) is 5.95 Å². The zero-order valence-electron chi connectivity index (χ0n) is 21.5. The highest BCUT2D eigenvalue weighted by Gasteiger charge is 2.27. The van der Waals surface area contributed by atoms with Crippen LogP contribution in [0.15, 0.2) is 72.9 Å². The number of anilines is 2. The molecule has 1 N–H and O–H groups in total. The molecule has 1 aromatic heterocycles. The molecular weight excluding hydrogens is 513 g/mol. The lowest BCUT2D eigenvalue weighted by Gasteiger charge is -2.32. The van der Waals surface area contributed by atoms with Crippen molar-refractivity contribution >= 4 is 34.8 Å². The van der Waals surface area contributed by atoms with Crippen molar-refractivity contribution in [1.29, 1.82) is 0 Å². The number of benzene rings is 3. The van der Waals surface area contributed by atoms with E-state index in [0.717, 1.165) is 73.6 Å². The van der Waals surface area contributed by atoms with Crippen LogP contribution in [0.5, 0.6) is 0 Å². The molecule has 1 saturated heterocycles. The van der Waals surface area contributed by atoms with Crippen molar-refractivity contribution in [3.05, 3.63) is 105 Å². The first-order valence-electron chi connectivity index (χ1n) is 13.2. The quantitative estimate of drug-likeness (QED) is 0.294. The van der Waals surface area contributed by atoms with Gasteiger partial charge in [-0.25, -0.2) is 9.97 Å². The Morgan fingerprint density at radius 1 is 0.921 bits per heavy atom. The highest BCUT2D eigenvalue weighted by Crippen LogP contribution is 2.43. The Bertz CT molecular complexity index is 1430. The van der Waals surface area contributed by atoms with Crippen molar-refractivity contribution in [2.45, 2.75) is 18.8 Å². The molecule has 1 fully saturated rings. The summed E-state index contributed by atoms with van der Waals surface area (Å²) in [5, 5.41) is 4.56. The van der Waals surface area contributed by atoms with Gasteiger partial charge >= 0.3 is 0 Å². The lowest BCUT2D eigenvalue weighted by molar-refractivity contribution is 0.155. The summed E-state index contributed by atoms with van der Waals surface area (Å²) in [6.07, 6.45) is 3.83. The Morgan fingerprint density at radius 3 is 2.50 bits per heavy atom. The third kappa shape index (κ3) is 5.43. The number of aromatic nitrogens is 2. The first-order valence-corrected chi connectivity index (χ1v) is 14.0. The molecule has 6 rings (SSSR count). The number of hydrogen-bond acceptors (Lipinski definition) is 5. The molecule has 0 unspecified atom stereocenters. The van der Waals surface area contributed by atoms with Crippen molar-refractivity contribution in [1.82, 2.24) is 19.8 Å². The summed E-state index contributed by atoms with van der Waals surface area (Å²) >= 11 is 12.5. The van der Waals surface area contributed by atoms with Gasteiger partial charge in [0.15, 0.2) is 0 Å². The molecule has 0 saturated carbocycles. The molecule has 38 heavy (non-hydrogen) atoms. The summed E-state index contributed by atoms with van der Waals surface area (Å²) in [5.41, 5.74) is 7.98. The fraction of sp³-hybridized carbons (Fsp3) is 0.290. The summed E-state index contributed by atoms with van der Waals surface area (Å²) in [5.74, 6) is 0.783. The zero-order valence-corrected chi connectivity index (χ0v) is 23.0. The summed E-state index contributed by atoms with van der Waals surface area (Å²) in [4.78, 5) is 14.6. The van der Waals surface area contributed by atoms with Crippen LogP contribution >= 0.6 is 23.2 Å². The van der Waals surface area contributed by atoms with E-state index in [1.54, 1.807) is 0 Å². The summed E-state index contributed by atoms with van der Waals surface area (Å²) in [7, 11) is 2.20. The van der Waals surface area contributed by atoms with Gasteiger partial charge in [-0.1, -0.05) is 65.7 Å². The number of nitrogens with zero attached hydrogens (tertiary/aromatic N) is 4. The van der Waals surface area contributed by atoms with Gasteiger partial charge in [0.25, 0.3) is 0 Å². The van der Waals surface area contributed by atoms with Crippen molar-refractivity contribution < 1.29 is 0 Å². The average Bonchev–Trinajstić information content (AvgIpc) is 2.95. The van der Waals surface area contributed by atoms with Gasteiger partial charge in [-0.15, -0.1) is 0 Å². The second kappa shape index (κ2) is 11.0. The van der Waals surface area contributed by atoms with Crippen LogP contribution in [-0.4, -0.2) is 59.5 Å². The van der Waals surface area contributed by atoms with Crippen LogP contribution in [0.25, 0.3) is 11.3 Å². The number of likely N-dealkylation sites (N-methyl/N-ethyl adjacent to an activating group) is 1. The fourth-order valence-electron chi connectivity index (χ4n) is 5.47. The highest BCUT2D eigenvalue weighted by atomic mass is 35.5. The summed E-state index contributed by atoms with van der Waals surface area (Å²) in [6.45, 7) is 5.73. The van der Waals surface area contributed by atoms with E-state index in [0.29, 0.717) is 16.0 Å². The van der Waals surface area contributed by atoms with E-state index in [-0.39, 0.29) is 5.92 Å². The van der Waals surface area contributed by atoms with Crippen LogP contribution in [0.4, 0.5) is 11.6 Å². The van der Waals surface area contributed by atoms with Gasteiger partial charge in [0.05, 0.1) is 15.7 Å². The second-order valence-corrected chi connectivity index (χ2v) is 11.1. The van der Waals surface area contributed by atoms with Gasteiger partial charge in [-0.3, -0.25) is 0 Å². The van der Waals surface area contributed by atoms with Crippen LogP contribution in [-0.2, 0) is 12.8 Å². The maximum absolute atomic E-state index is 6.36. The standard InChI is InChI=1S/C31H31Cl2N5/c1-37-14-16-38(17-15-37)13-12-21-6-9-24(10-7-21)35-31-34-20-23-18-27(22-8-11-28(32)29(33)19-22)25-4-2-3-5-26(25)30(23)36-31/h2-11,19-20,27H,12-18H2,1H3,(H,34,35,36)/t27-/m0/s1. The normalized spacial score (nSPS) is 17.6. The molecule has 4 aromatic rings. The number of piperazine rings is 1. The molecule has 1 aliphatic heterocycles. The SMILES string of the molecule is CN1CCN(CCc2ccc(Nc3ncc4c(n3)-c3ccccc3[C@H](c3ccc(Cl)c(Cl)c3)C4)cc2)CC1. The van der Waals surface area contributed by atoms with E-state index >= 15 is 0 Å². The number of rotatable bonds is 6. The van der Waals surface area contributed by atoms with Crippen LogP contribution in [0, 0.1) is 0 Å². The smallest absolute Gasteiger partial charge is 0.227 e. The predicted octanol–water partition coefficient (Wildman–Crippen LogP) is 6.67. The summed E-state index contributed by atoms with van der Waals surface area (Å²) in [6, 6.07) is 23.0. The number of nitrogens with one attached hydrogen (secondary N) is 1. The molecule has 194 valence electrons. The lowest BCUT2D eigenvalue weighted by Crippen LogP contribution is -2.45. The molecule has 0 amide bonds. The number of fused-ring (bicyclic) bond motifs is 3. The van der Waals surface area contributed by atoms with Crippen LogP contribution in [0.1, 0.15) is 28.2 Å². The van der Waals surface area contributed by atoms with Crippen LogP contribution in [0.3, 0.4) is 0 Å². The molecule has 2 aliphatic rings. The van der Waals surface area contributed by atoms with E-state index in [2.05, 4.69) is 81.7 Å². The maximum Gasteiger partial charge on any atom is 0.227 e. The third-order valence-corrected chi connectivity index (χ3v) is 8.49. The van der Waals surface area contributed by atoms with Gasteiger partial charge in [0, 0.05) is 56.1 Å². The fourth-order valence-corrected chi connectivity index (χ4v) is 5.77. The van der Waals surface area contributed by atoms with Crippen LogP contribution in [0.2, 0.25) is 10.0 Å². The van der Waals surface area contributed by atoms with E-state index in [9.17, 15) is 0 Å². The number of hydrogen-bond donors (Lipinski definition) is 1. The van der Waals surface area contributed by atoms with Crippen molar-refractivity contribution in [3.63, 3.8) is 0 Å². The predicted molar refractivity (Wildman–Crippen MR) is 157 cm³/mol. The molecule has 1 atom stereocenters. The summed E-state index contributed by atoms with van der Waals surface area (Å²) < 4.78 is 0. The Kier molecular flexibility index (Phi) is 7.35. The lowest BCUT2D eigenvalue weighted by atomic mass is 9.78. The minimum Gasteiger partial charge on any atom is -0.324 e. The molecule has 2 heterocycles. The third-order valence-electron chi connectivity index (χ3n) is 7.75. The van der Waals surface area contributed by atoms with E-state index in [1.165, 1.54) is 11.1 Å². The van der Waals surface area contributed by atoms with Gasteiger partial charge < -0.3 is 15.1 Å². The monoisotopic (exact) mass is 543 g/mol. The van der Waals surface area contributed by atoms with E-state index < -0.39 is 0 Å². The average molecular weight is 545 g/mol. The highest BCUT2D eigenvalue weighted by molar-refractivity contribution is 6.42. The topological polar surface area (TPSA) is 44.3 Å². The molecule has 0 spiro atoms. The molecule has 7 heteroatoms. The first kappa shape index (κ1) is 25.3. The largest absolute Gasteiger partial charge is 0.324 e. The van der Waals surface area contributed by atoms with Gasteiger partial charge in [0.1, 0.15) is 0 Å². The minimum absolute atomic E-state index is 0.175. The Balaban J connectivity index is 1.17. The second-order valence-electron chi connectivity index (χ2n) is 10.3. The van der Waals surface area contributed by atoms with Crippen molar-refractivity contribution in [2.24, 2.45) is 0 Å². The van der Waals surface area contributed by atoms with Gasteiger partial charge in [-0.2, -0.15) is 0 Å². The van der Waals surface area contributed by atoms with Gasteiger partial charge in [-0.05, 0) is 66.4 Å². The Hall–Kier alpha value is -2.96. The Labute approximate surface area is 234 Å². The van der Waals surface area contributed by atoms with Crippen LogP contribution < -0.4 is 5.32 Å². The molecular formula is C31H31Cl2N5. The molecule has 0 bridgehead atoms. The Morgan fingerprint density at radius 2 is 1.71 bits per heavy atom. The molecule has 3 aromatic carbocycles. The molecule has 0 radical (unpaired) electrons. The minimum atomic E-state index is 0.175. The molecule has 5 nitrogen and oxygen atoms in total. The maximum atomic E-state index is 6.36. The number of halogens is 2. The van der Waals surface area contributed by atoms with Crippen molar-refractivity contribution in [2.75, 3.05) is 45.1 Å². The van der Waals surface area contributed by atoms with Crippen molar-refractivity contribution in [3.8, 4) is 11.3 Å². The van der Waals surface area contributed by atoms with E-state index in [4.69, 9.17) is 28.2 Å². The zero-order chi connectivity index (χ0) is 26.1. The molecule has 1 aliphatic carbocycles.